The molecule has 1 aromatic heterocycles. The van der Waals surface area contributed by atoms with Gasteiger partial charge in [0.2, 0.25) is 0 Å². The lowest BCUT2D eigenvalue weighted by molar-refractivity contribution is 0.0931. The predicted molar refractivity (Wildman–Crippen MR) is 86.1 cm³/mol. The Bertz CT molecular complexity index is 713. The van der Waals surface area contributed by atoms with E-state index in [9.17, 15) is 4.79 Å². The number of hydrogen-bond acceptors (Lipinski definition) is 4. The van der Waals surface area contributed by atoms with Crippen LogP contribution in [0.2, 0.25) is 5.22 Å². The number of ether oxygens (including phenoxy) is 1. The molecule has 2 N–H and O–H groups in total. The van der Waals surface area contributed by atoms with Crippen molar-refractivity contribution in [3.8, 4) is 11.7 Å². The fourth-order valence-electron chi connectivity index (χ4n) is 3.38. The zero-order valence-corrected chi connectivity index (χ0v) is 13.2. The highest BCUT2D eigenvalue weighted by Gasteiger charge is 2.39. The minimum Gasteiger partial charge on any atom is -0.426 e. The molecule has 0 radical (unpaired) electrons. The van der Waals surface area contributed by atoms with E-state index in [1.54, 1.807) is 36.4 Å². The van der Waals surface area contributed by atoms with E-state index in [0.717, 1.165) is 12.8 Å². The van der Waals surface area contributed by atoms with Crippen molar-refractivity contribution in [2.24, 2.45) is 0 Å². The van der Waals surface area contributed by atoms with Gasteiger partial charge in [0.25, 0.3) is 11.9 Å². The monoisotopic (exact) mass is 332 g/mol. The summed E-state index contributed by atoms with van der Waals surface area (Å²) in [6, 6.07) is 11.5. The van der Waals surface area contributed by atoms with Crippen LogP contribution in [-0.2, 0) is 0 Å². The van der Waals surface area contributed by atoms with Crippen LogP contribution in [0.25, 0.3) is 0 Å². The van der Waals surface area contributed by atoms with Crippen molar-refractivity contribution in [2.75, 3.05) is 0 Å². The van der Waals surface area contributed by atoms with Crippen molar-refractivity contribution in [1.82, 2.24) is 10.6 Å². The summed E-state index contributed by atoms with van der Waals surface area (Å²) in [5.74, 6) is 0.867. The molecule has 2 fully saturated rings. The Morgan fingerprint density at radius 2 is 2.04 bits per heavy atom. The molecule has 2 bridgehead atoms. The predicted octanol–water partition coefficient (Wildman–Crippen LogP) is 3.35. The van der Waals surface area contributed by atoms with Gasteiger partial charge in [-0.2, -0.15) is 0 Å². The maximum atomic E-state index is 12.3. The van der Waals surface area contributed by atoms with Gasteiger partial charge in [-0.15, -0.1) is 0 Å². The van der Waals surface area contributed by atoms with E-state index >= 15 is 0 Å². The molecule has 3 atom stereocenters. The van der Waals surface area contributed by atoms with E-state index in [0.29, 0.717) is 29.3 Å². The molecule has 0 spiro atoms. The third-order valence-electron chi connectivity index (χ3n) is 4.50. The topological polar surface area (TPSA) is 63.5 Å². The van der Waals surface area contributed by atoms with Crippen molar-refractivity contribution in [3.63, 3.8) is 0 Å². The van der Waals surface area contributed by atoms with Gasteiger partial charge in [-0.3, -0.25) is 4.79 Å². The van der Waals surface area contributed by atoms with Gasteiger partial charge in [0.1, 0.15) is 5.75 Å². The Hall–Kier alpha value is -1.98. The molecular formula is C17H17ClN2O3. The van der Waals surface area contributed by atoms with Crippen molar-refractivity contribution in [2.45, 2.75) is 37.4 Å². The lowest BCUT2D eigenvalue weighted by Gasteiger charge is -2.21. The first-order valence-corrected chi connectivity index (χ1v) is 8.15. The first-order valence-electron chi connectivity index (χ1n) is 7.77. The van der Waals surface area contributed by atoms with Crippen LogP contribution in [0.1, 0.15) is 29.6 Å². The quantitative estimate of drug-likeness (QED) is 0.901. The molecule has 120 valence electrons. The van der Waals surface area contributed by atoms with Crippen LogP contribution >= 0.6 is 11.6 Å². The van der Waals surface area contributed by atoms with Crippen LogP contribution in [0, 0.1) is 0 Å². The van der Waals surface area contributed by atoms with Crippen molar-refractivity contribution < 1.29 is 13.9 Å². The summed E-state index contributed by atoms with van der Waals surface area (Å²) in [5, 5.41) is 6.91. The Morgan fingerprint density at radius 1 is 1.22 bits per heavy atom. The minimum atomic E-state index is -0.0445. The van der Waals surface area contributed by atoms with Gasteiger partial charge < -0.3 is 19.8 Å². The SMILES string of the molecule is O=C(N[C@@H]1C[C@H]2CC[C@@H]1N2)c1ccc(Oc2ccc(Cl)o2)cc1. The smallest absolute Gasteiger partial charge is 0.291 e. The third kappa shape index (κ3) is 3.07. The zero-order chi connectivity index (χ0) is 15.8. The summed E-state index contributed by atoms with van der Waals surface area (Å²) < 4.78 is 10.7. The molecule has 23 heavy (non-hydrogen) atoms. The third-order valence-corrected chi connectivity index (χ3v) is 4.70. The van der Waals surface area contributed by atoms with E-state index in [4.69, 9.17) is 20.8 Å². The van der Waals surface area contributed by atoms with Gasteiger partial charge in [0.05, 0.1) is 0 Å². The largest absolute Gasteiger partial charge is 0.426 e. The fraction of sp³-hybridized carbons (Fsp3) is 0.353. The summed E-state index contributed by atoms with van der Waals surface area (Å²) in [5.41, 5.74) is 0.623. The molecule has 1 amide bonds. The molecule has 4 rings (SSSR count). The van der Waals surface area contributed by atoms with Gasteiger partial charge in [-0.05, 0) is 55.1 Å². The Kier molecular flexibility index (Phi) is 3.75. The second-order valence-electron chi connectivity index (χ2n) is 6.05. The average molecular weight is 333 g/mol. The molecular weight excluding hydrogens is 316 g/mol. The number of halogens is 1. The summed E-state index contributed by atoms with van der Waals surface area (Å²) in [4.78, 5) is 12.3. The average Bonchev–Trinajstić information content (AvgIpc) is 3.25. The van der Waals surface area contributed by atoms with Crippen LogP contribution in [0.5, 0.6) is 11.7 Å². The standard InChI is InChI=1S/C17H17ClN2O3/c18-15-7-8-16(23-15)22-12-4-1-10(2-5-12)17(21)20-14-9-11-3-6-13(14)19-11/h1-2,4-5,7-8,11,13-14,19H,3,6,9H2,(H,20,21)/t11-,13+,14-/m1/s1. The van der Waals surface area contributed by atoms with Gasteiger partial charge in [-0.1, -0.05) is 0 Å². The molecule has 5 nitrogen and oxygen atoms in total. The summed E-state index contributed by atoms with van der Waals surface area (Å²) in [6.45, 7) is 0. The Labute approximate surface area is 139 Å². The first-order chi connectivity index (χ1) is 11.2. The van der Waals surface area contributed by atoms with Gasteiger partial charge in [0, 0.05) is 35.8 Å². The van der Waals surface area contributed by atoms with E-state index in [1.807, 2.05) is 0 Å². The lowest BCUT2D eigenvalue weighted by atomic mass is 9.95. The highest BCUT2D eigenvalue weighted by Crippen LogP contribution is 2.29. The number of carbonyl (C=O) groups excluding carboxylic acids is 1. The summed E-state index contributed by atoms with van der Waals surface area (Å²) in [6.07, 6.45) is 3.39. The van der Waals surface area contributed by atoms with Crippen LogP contribution in [0.3, 0.4) is 0 Å². The van der Waals surface area contributed by atoms with Gasteiger partial charge >= 0.3 is 0 Å². The minimum absolute atomic E-state index is 0.0445. The highest BCUT2D eigenvalue weighted by molar-refractivity contribution is 6.28. The van der Waals surface area contributed by atoms with Gasteiger partial charge in [0.15, 0.2) is 5.22 Å². The van der Waals surface area contributed by atoms with Crippen LogP contribution in [0.15, 0.2) is 40.8 Å². The number of rotatable bonds is 4. The number of amides is 1. The lowest BCUT2D eigenvalue weighted by Crippen LogP contribution is -2.42. The Balaban J connectivity index is 1.38. The molecule has 2 aromatic rings. The number of carbonyl (C=O) groups is 1. The number of hydrogen-bond donors (Lipinski definition) is 2. The highest BCUT2D eigenvalue weighted by atomic mass is 35.5. The molecule has 0 saturated carbocycles. The molecule has 2 aliphatic rings. The van der Waals surface area contributed by atoms with E-state index in [-0.39, 0.29) is 17.2 Å². The second-order valence-corrected chi connectivity index (χ2v) is 6.42. The van der Waals surface area contributed by atoms with Crippen molar-refractivity contribution in [3.05, 3.63) is 47.2 Å². The van der Waals surface area contributed by atoms with Crippen LogP contribution in [0.4, 0.5) is 0 Å². The molecule has 2 aliphatic heterocycles. The summed E-state index contributed by atoms with van der Waals surface area (Å²) >= 11 is 5.70. The normalized spacial score (nSPS) is 25.5. The van der Waals surface area contributed by atoms with Gasteiger partial charge in [-0.25, -0.2) is 0 Å². The number of nitrogens with one attached hydrogen (secondary N) is 2. The molecule has 3 heterocycles. The molecule has 6 heteroatoms. The van der Waals surface area contributed by atoms with E-state index in [2.05, 4.69) is 10.6 Å². The maximum Gasteiger partial charge on any atom is 0.291 e. The zero-order valence-electron chi connectivity index (χ0n) is 12.4. The molecule has 0 aliphatic carbocycles. The number of benzene rings is 1. The van der Waals surface area contributed by atoms with Crippen LogP contribution in [-0.4, -0.2) is 24.0 Å². The van der Waals surface area contributed by atoms with Crippen molar-refractivity contribution >= 4 is 17.5 Å². The van der Waals surface area contributed by atoms with E-state index in [1.165, 1.54) is 6.42 Å². The van der Waals surface area contributed by atoms with E-state index < -0.39 is 0 Å². The maximum absolute atomic E-state index is 12.3. The molecule has 1 aromatic carbocycles. The molecule has 0 unspecified atom stereocenters. The Morgan fingerprint density at radius 3 is 2.65 bits per heavy atom. The number of furan rings is 1. The van der Waals surface area contributed by atoms with Crippen molar-refractivity contribution in [1.29, 1.82) is 0 Å². The number of fused-ring (bicyclic) bond motifs is 2. The van der Waals surface area contributed by atoms with Crippen LogP contribution < -0.4 is 15.4 Å². The first kappa shape index (κ1) is 14.6. The fourth-order valence-corrected chi connectivity index (χ4v) is 3.52. The molecule has 2 saturated heterocycles. The second kappa shape index (κ2) is 5.91. The summed E-state index contributed by atoms with van der Waals surface area (Å²) in [7, 11) is 0.